The number of carbonyl (C=O) groups is 3. The van der Waals surface area contributed by atoms with Gasteiger partial charge in [-0.15, -0.1) is 0 Å². The molecule has 0 aliphatic heterocycles. The van der Waals surface area contributed by atoms with Gasteiger partial charge in [-0.05, 0) is 18.4 Å². The van der Waals surface area contributed by atoms with Crippen LogP contribution in [0.1, 0.15) is 12.1 Å². The lowest BCUT2D eigenvalue weighted by Crippen LogP contribution is -2.49. The van der Waals surface area contributed by atoms with Crippen molar-refractivity contribution in [2.24, 2.45) is 5.73 Å². The Kier molecular flexibility index (Phi) is 8.13. The van der Waals surface area contributed by atoms with Gasteiger partial charge in [0, 0.05) is 12.6 Å². The van der Waals surface area contributed by atoms with Gasteiger partial charge in [-0.25, -0.2) is 9.78 Å². The minimum atomic E-state index is -1.10. The Hall–Kier alpha value is -2.07. The fourth-order valence-corrected chi connectivity index (χ4v) is 2.23. The predicted molar refractivity (Wildman–Crippen MR) is 85.8 cm³/mol. The van der Waals surface area contributed by atoms with Crippen LogP contribution in [0.2, 0.25) is 0 Å². The van der Waals surface area contributed by atoms with Crippen LogP contribution in [0.3, 0.4) is 0 Å². The van der Waals surface area contributed by atoms with Crippen molar-refractivity contribution in [1.82, 2.24) is 20.6 Å². The number of carboxylic acids is 1. The molecule has 0 fully saturated rings. The molecule has 2 amide bonds. The van der Waals surface area contributed by atoms with E-state index in [1.54, 1.807) is 6.20 Å². The summed E-state index contributed by atoms with van der Waals surface area (Å²) in [5.41, 5.74) is 6.35. The summed E-state index contributed by atoms with van der Waals surface area (Å²) in [6.45, 7) is -0.323. The van der Waals surface area contributed by atoms with Gasteiger partial charge in [-0.2, -0.15) is 11.8 Å². The van der Waals surface area contributed by atoms with Gasteiger partial charge in [-0.3, -0.25) is 9.59 Å². The third kappa shape index (κ3) is 7.15. The van der Waals surface area contributed by atoms with E-state index in [-0.39, 0.29) is 13.0 Å². The van der Waals surface area contributed by atoms with Crippen molar-refractivity contribution in [3.63, 3.8) is 0 Å². The number of imidazole rings is 1. The van der Waals surface area contributed by atoms with Crippen LogP contribution in [0, 0.1) is 0 Å². The van der Waals surface area contributed by atoms with E-state index in [2.05, 4.69) is 20.6 Å². The van der Waals surface area contributed by atoms with Crippen molar-refractivity contribution in [2.75, 3.05) is 18.6 Å². The van der Waals surface area contributed by atoms with Crippen LogP contribution >= 0.6 is 11.8 Å². The van der Waals surface area contributed by atoms with E-state index < -0.39 is 29.9 Å². The number of nitrogens with zero attached hydrogens (tertiary/aromatic N) is 1. The zero-order chi connectivity index (χ0) is 17.2. The molecular formula is C13H21N5O4S. The summed E-state index contributed by atoms with van der Waals surface area (Å²) >= 11 is 1.49. The normalized spacial score (nSPS) is 13.1. The number of hydrogen-bond donors (Lipinski definition) is 5. The number of hydrogen-bond acceptors (Lipinski definition) is 6. The van der Waals surface area contributed by atoms with Crippen LogP contribution in [0.4, 0.5) is 0 Å². The van der Waals surface area contributed by atoms with Gasteiger partial charge in [0.1, 0.15) is 6.04 Å². The molecule has 10 heteroatoms. The van der Waals surface area contributed by atoms with Gasteiger partial charge in [0.2, 0.25) is 11.8 Å². The average Bonchev–Trinajstić information content (AvgIpc) is 3.01. The molecule has 0 aliphatic rings. The van der Waals surface area contributed by atoms with Crippen LogP contribution in [-0.2, 0) is 20.8 Å². The zero-order valence-corrected chi connectivity index (χ0v) is 13.6. The lowest BCUT2D eigenvalue weighted by Gasteiger charge is -2.15. The Morgan fingerprint density at radius 2 is 2.22 bits per heavy atom. The molecule has 2 atom stereocenters. The van der Waals surface area contributed by atoms with Crippen LogP contribution in [0.15, 0.2) is 12.5 Å². The maximum Gasteiger partial charge on any atom is 0.326 e. The maximum absolute atomic E-state index is 11.8. The molecule has 1 heterocycles. The molecule has 0 saturated carbocycles. The van der Waals surface area contributed by atoms with Crippen molar-refractivity contribution in [2.45, 2.75) is 24.9 Å². The summed E-state index contributed by atoms with van der Waals surface area (Å²) in [7, 11) is 0. The molecule has 0 radical (unpaired) electrons. The van der Waals surface area contributed by atoms with Crippen LogP contribution in [0.25, 0.3) is 0 Å². The first-order valence-corrected chi connectivity index (χ1v) is 8.35. The molecule has 9 nitrogen and oxygen atoms in total. The lowest BCUT2D eigenvalue weighted by atomic mass is 10.1. The molecule has 0 spiro atoms. The Morgan fingerprint density at radius 1 is 1.48 bits per heavy atom. The Balaban J connectivity index is 2.35. The Morgan fingerprint density at radius 3 is 2.78 bits per heavy atom. The van der Waals surface area contributed by atoms with E-state index >= 15 is 0 Å². The molecular weight excluding hydrogens is 322 g/mol. The Bertz CT molecular complexity index is 522. The molecule has 0 saturated heterocycles. The zero-order valence-electron chi connectivity index (χ0n) is 12.7. The molecule has 1 aromatic rings. The molecule has 6 N–H and O–H groups in total. The van der Waals surface area contributed by atoms with Gasteiger partial charge >= 0.3 is 5.97 Å². The number of carboxylic acid groups (broad SMARTS) is 1. The molecule has 0 bridgehead atoms. The third-order valence-electron chi connectivity index (χ3n) is 2.99. The van der Waals surface area contributed by atoms with Crippen molar-refractivity contribution >= 4 is 29.5 Å². The maximum atomic E-state index is 11.8. The summed E-state index contributed by atoms with van der Waals surface area (Å²) in [5.74, 6) is -1.56. The van der Waals surface area contributed by atoms with Gasteiger partial charge in [-0.1, -0.05) is 0 Å². The standard InChI is InChI=1S/C13H21N5O4S/c1-23-3-2-10(13(21)22)18-11(19)6-16-12(20)9(14)4-8-5-15-7-17-8/h5,7,9-10H,2-4,6,14H2,1H3,(H,15,17)(H,16,20)(H,18,19)(H,21,22)/t9-,10-/m0/s1. The first kappa shape index (κ1) is 19.0. The number of rotatable bonds is 10. The van der Waals surface area contributed by atoms with E-state index in [0.717, 1.165) is 0 Å². The molecule has 23 heavy (non-hydrogen) atoms. The van der Waals surface area contributed by atoms with Crippen molar-refractivity contribution in [3.8, 4) is 0 Å². The summed E-state index contributed by atoms with van der Waals surface area (Å²) in [6.07, 6.45) is 5.51. The van der Waals surface area contributed by atoms with Crippen molar-refractivity contribution < 1.29 is 19.5 Å². The van der Waals surface area contributed by atoms with Gasteiger partial charge in [0.25, 0.3) is 0 Å². The fraction of sp³-hybridized carbons (Fsp3) is 0.538. The topological polar surface area (TPSA) is 150 Å². The highest BCUT2D eigenvalue weighted by atomic mass is 32.2. The third-order valence-corrected chi connectivity index (χ3v) is 3.63. The summed E-state index contributed by atoms with van der Waals surface area (Å²) in [4.78, 5) is 41.2. The highest BCUT2D eigenvalue weighted by Gasteiger charge is 2.20. The average molecular weight is 343 g/mol. The fourth-order valence-electron chi connectivity index (χ4n) is 1.76. The van der Waals surface area contributed by atoms with Crippen LogP contribution in [0.5, 0.6) is 0 Å². The number of thioether (sulfide) groups is 1. The minimum absolute atomic E-state index is 0.239. The second-order valence-corrected chi connectivity index (χ2v) is 5.81. The van der Waals surface area contributed by atoms with E-state index in [0.29, 0.717) is 17.9 Å². The SMILES string of the molecule is CSCC[C@H](NC(=O)CNC(=O)[C@@H](N)Cc1c[nH]cn1)C(=O)O. The molecule has 1 aromatic heterocycles. The molecule has 0 aliphatic carbocycles. The van der Waals surface area contributed by atoms with E-state index in [1.165, 1.54) is 18.1 Å². The molecule has 0 aromatic carbocycles. The number of H-pyrrole nitrogens is 1. The number of aliphatic carboxylic acids is 1. The molecule has 0 unspecified atom stereocenters. The van der Waals surface area contributed by atoms with Gasteiger partial charge < -0.3 is 26.5 Å². The van der Waals surface area contributed by atoms with E-state index in [9.17, 15) is 14.4 Å². The second-order valence-electron chi connectivity index (χ2n) is 4.83. The second kappa shape index (κ2) is 9.85. The van der Waals surface area contributed by atoms with Crippen LogP contribution in [-0.4, -0.2) is 63.5 Å². The van der Waals surface area contributed by atoms with Crippen LogP contribution < -0.4 is 16.4 Å². The number of nitrogens with one attached hydrogen (secondary N) is 3. The predicted octanol–water partition coefficient (Wildman–Crippen LogP) is -1.28. The number of aromatic nitrogens is 2. The molecule has 1 rings (SSSR count). The van der Waals surface area contributed by atoms with Crippen molar-refractivity contribution in [3.05, 3.63) is 18.2 Å². The molecule has 128 valence electrons. The summed E-state index contributed by atoms with van der Waals surface area (Å²) in [5, 5.41) is 13.8. The quantitative estimate of drug-likeness (QED) is 0.355. The van der Waals surface area contributed by atoms with E-state index in [1.807, 2.05) is 6.26 Å². The monoisotopic (exact) mass is 343 g/mol. The summed E-state index contributed by atoms with van der Waals surface area (Å²) in [6, 6.07) is -1.80. The highest BCUT2D eigenvalue weighted by molar-refractivity contribution is 7.98. The lowest BCUT2D eigenvalue weighted by molar-refractivity contribution is -0.141. The summed E-state index contributed by atoms with van der Waals surface area (Å²) < 4.78 is 0. The smallest absolute Gasteiger partial charge is 0.326 e. The first-order valence-electron chi connectivity index (χ1n) is 6.96. The first-order chi connectivity index (χ1) is 10.9. The number of aromatic amines is 1. The van der Waals surface area contributed by atoms with Gasteiger partial charge in [0.05, 0.1) is 24.6 Å². The number of carbonyl (C=O) groups excluding carboxylic acids is 2. The van der Waals surface area contributed by atoms with Crippen molar-refractivity contribution in [1.29, 1.82) is 0 Å². The van der Waals surface area contributed by atoms with Gasteiger partial charge in [0.15, 0.2) is 0 Å². The van der Waals surface area contributed by atoms with E-state index in [4.69, 9.17) is 10.8 Å². The minimum Gasteiger partial charge on any atom is -0.480 e. The largest absolute Gasteiger partial charge is 0.480 e. The highest BCUT2D eigenvalue weighted by Crippen LogP contribution is 2.01. The Labute approximate surface area is 137 Å². The number of nitrogens with two attached hydrogens (primary N) is 1. The number of amides is 2.